The summed E-state index contributed by atoms with van der Waals surface area (Å²) in [7, 11) is 0. The Kier molecular flexibility index (Phi) is 6.57. The highest BCUT2D eigenvalue weighted by Gasteiger charge is 2.50. The first kappa shape index (κ1) is 20.5. The summed E-state index contributed by atoms with van der Waals surface area (Å²) in [5.41, 5.74) is 0.662. The van der Waals surface area contributed by atoms with Gasteiger partial charge >= 0.3 is 12.0 Å². The van der Waals surface area contributed by atoms with Crippen molar-refractivity contribution in [2.45, 2.75) is 32.0 Å². The molecular weight excluding hydrogens is 368 g/mol. The lowest BCUT2D eigenvalue weighted by molar-refractivity contribution is -0.164. The van der Waals surface area contributed by atoms with E-state index in [1.165, 1.54) is 6.20 Å². The number of carboxylic acid groups (broad SMARTS) is 1. The van der Waals surface area contributed by atoms with Gasteiger partial charge in [0.05, 0.1) is 0 Å². The minimum Gasteiger partial charge on any atom is -0.478 e. The molecule has 1 heterocycles. The summed E-state index contributed by atoms with van der Waals surface area (Å²) in [6.07, 6.45) is 0.853. The molecule has 0 saturated heterocycles. The Hall–Kier alpha value is -3.25. The number of aromatic nitrogens is 2. The number of aliphatic carboxylic acids is 1. The molecule has 29 heavy (non-hydrogen) atoms. The van der Waals surface area contributed by atoms with Crippen LogP contribution in [0, 0.1) is 6.92 Å². The minimum absolute atomic E-state index is 0.00580. The standard InChI is InChI=1S/C23H24N2O4/c1-3-16-28-23(18-10-6-4-7-11-18,19-12-8-5-9-13-19)20(21(26)27)29-22-24-15-14-17(2)25-22/h4-15,20H,3,16H2,1-2H3,(H,26,27). The van der Waals surface area contributed by atoms with Crippen molar-refractivity contribution in [3.05, 3.63) is 89.7 Å². The van der Waals surface area contributed by atoms with Gasteiger partial charge in [-0.25, -0.2) is 14.8 Å². The lowest BCUT2D eigenvalue weighted by Gasteiger charge is -2.38. The van der Waals surface area contributed by atoms with Gasteiger partial charge in [-0.05, 0) is 30.5 Å². The van der Waals surface area contributed by atoms with Gasteiger partial charge in [-0.1, -0.05) is 67.6 Å². The summed E-state index contributed by atoms with van der Waals surface area (Å²) in [6.45, 7) is 4.12. The summed E-state index contributed by atoms with van der Waals surface area (Å²) in [5.74, 6) is -1.17. The van der Waals surface area contributed by atoms with E-state index in [9.17, 15) is 9.90 Å². The SMILES string of the molecule is CCCOC(c1ccccc1)(c1ccccc1)C(Oc1nccc(C)n1)C(=O)O. The van der Waals surface area contributed by atoms with Crippen LogP contribution in [-0.4, -0.2) is 33.8 Å². The van der Waals surface area contributed by atoms with Crippen LogP contribution in [0.4, 0.5) is 0 Å². The number of hydrogen-bond acceptors (Lipinski definition) is 5. The molecule has 6 heteroatoms. The van der Waals surface area contributed by atoms with Crippen molar-refractivity contribution >= 4 is 5.97 Å². The Morgan fingerprint density at radius 1 is 1.03 bits per heavy atom. The molecule has 0 amide bonds. The Labute approximate surface area is 170 Å². The van der Waals surface area contributed by atoms with E-state index < -0.39 is 17.7 Å². The lowest BCUT2D eigenvalue weighted by Crippen LogP contribution is -2.51. The molecule has 0 fully saturated rings. The average molecular weight is 392 g/mol. The molecule has 1 aromatic heterocycles. The molecule has 0 saturated carbocycles. The first-order valence-electron chi connectivity index (χ1n) is 9.52. The molecule has 6 nitrogen and oxygen atoms in total. The van der Waals surface area contributed by atoms with Gasteiger partial charge in [-0.2, -0.15) is 0 Å². The topological polar surface area (TPSA) is 81.5 Å². The van der Waals surface area contributed by atoms with Crippen molar-refractivity contribution in [1.82, 2.24) is 9.97 Å². The Morgan fingerprint density at radius 3 is 2.10 bits per heavy atom. The molecule has 1 atom stereocenters. The van der Waals surface area contributed by atoms with Crippen LogP contribution in [0.3, 0.4) is 0 Å². The van der Waals surface area contributed by atoms with Crippen LogP contribution in [0.15, 0.2) is 72.9 Å². The Bertz CT molecular complexity index is 892. The molecule has 3 aromatic rings. The molecule has 0 radical (unpaired) electrons. The third-order valence-corrected chi connectivity index (χ3v) is 4.53. The van der Waals surface area contributed by atoms with Crippen LogP contribution < -0.4 is 4.74 Å². The van der Waals surface area contributed by atoms with Gasteiger partial charge in [0.1, 0.15) is 0 Å². The van der Waals surface area contributed by atoms with Crippen LogP contribution in [0.25, 0.3) is 0 Å². The molecule has 0 aliphatic rings. The van der Waals surface area contributed by atoms with Crippen molar-refractivity contribution in [2.75, 3.05) is 6.61 Å². The van der Waals surface area contributed by atoms with Crippen LogP contribution in [0.2, 0.25) is 0 Å². The third kappa shape index (κ3) is 4.43. The molecule has 0 bridgehead atoms. The number of hydrogen-bond donors (Lipinski definition) is 1. The van der Waals surface area contributed by atoms with Crippen molar-refractivity contribution in [1.29, 1.82) is 0 Å². The van der Waals surface area contributed by atoms with Crippen LogP contribution in [-0.2, 0) is 15.1 Å². The van der Waals surface area contributed by atoms with Gasteiger partial charge in [0.25, 0.3) is 0 Å². The monoisotopic (exact) mass is 392 g/mol. The fourth-order valence-electron chi connectivity index (χ4n) is 3.24. The smallest absolute Gasteiger partial charge is 0.348 e. The van der Waals surface area contributed by atoms with E-state index in [-0.39, 0.29) is 6.01 Å². The zero-order chi connectivity index (χ0) is 20.7. The van der Waals surface area contributed by atoms with Crippen molar-refractivity contribution in [2.24, 2.45) is 0 Å². The molecule has 1 unspecified atom stereocenters. The fourth-order valence-corrected chi connectivity index (χ4v) is 3.24. The van der Waals surface area contributed by atoms with Crippen LogP contribution in [0.1, 0.15) is 30.2 Å². The molecule has 0 spiro atoms. The second-order valence-corrected chi connectivity index (χ2v) is 6.63. The van der Waals surface area contributed by atoms with E-state index >= 15 is 0 Å². The highest BCUT2D eigenvalue weighted by atomic mass is 16.6. The zero-order valence-corrected chi connectivity index (χ0v) is 16.5. The predicted octanol–water partition coefficient (Wildman–Crippen LogP) is 3.99. The molecule has 1 N–H and O–H groups in total. The van der Waals surface area contributed by atoms with Crippen molar-refractivity contribution < 1.29 is 19.4 Å². The van der Waals surface area contributed by atoms with E-state index in [0.717, 1.165) is 0 Å². The normalized spacial score (nSPS) is 12.3. The number of aryl methyl sites for hydroxylation is 1. The third-order valence-electron chi connectivity index (χ3n) is 4.53. The van der Waals surface area contributed by atoms with Crippen molar-refractivity contribution in [3.63, 3.8) is 0 Å². The highest BCUT2D eigenvalue weighted by molar-refractivity contribution is 5.76. The fraction of sp³-hybridized carbons (Fsp3) is 0.261. The summed E-state index contributed by atoms with van der Waals surface area (Å²) < 4.78 is 12.2. The number of carbonyl (C=O) groups is 1. The summed E-state index contributed by atoms with van der Waals surface area (Å²) in [6, 6.07) is 20.3. The predicted molar refractivity (Wildman–Crippen MR) is 109 cm³/mol. The number of rotatable bonds is 9. The molecule has 3 rings (SSSR count). The van der Waals surface area contributed by atoms with Gasteiger partial charge in [0, 0.05) is 18.5 Å². The largest absolute Gasteiger partial charge is 0.478 e. The Morgan fingerprint density at radius 2 is 1.62 bits per heavy atom. The molecule has 2 aromatic carbocycles. The second kappa shape index (κ2) is 9.30. The summed E-state index contributed by atoms with van der Waals surface area (Å²) in [5, 5.41) is 10.2. The first-order valence-corrected chi connectivity index (χ1v) is 9.52. The maximum Gasteiger partial charge on any atom is 0.348 e. The zero-order valence-electron chi connectivity index (χ0n) is 16.5. The molecule has 150 valence electrons. The number of nitrogens with zero attached hydrogens (tertiary/aromatic N) is 2. The van der Waals surface area contributed by atoms with Gasteiger partial charge in [0.15, 0.2) is 5.60 Å². The Balaban J connectivity index is 2.21. The molecular formula is C23H24N2O4. The maximum absolute atomic E-state index is 12.5. The molecule has 0 aliphatic carbocycles. The second-order valence-electron chi connectivity index (χ2n) is 6.63. The van der Waals surface area contributed by atoms with Crippen molar-refractivity contribution in [3.8, 4) is 6.01 Å². The first-order chi connectivity index (χ1) is 14.1. The summed E-state index contributed by atoms with van der Waals surface area (Å²) >= 11 is 0. The van der Waals surface area contributed by atoms with Gasteiger partial charge in [-0.3, -0.25) is 0 Å². The van der Waals surface area contributed by atoms with E-state index in [4.69, 9.17) is 9.47 Å². The molecule has 0 aliphatic heterocycles. The number of ether oxygens (including phenoxy) is 2. The van der Waals surface area contributed by atoms with Gasteiger partial charge in [0.2, 0.25) is 6.10 Å². The van der Waals surface area contributed by atoms with E-state index in [2.05, 4.69) is 9.97 Å². The van der Waals surface area contributed by atoms with Gasteiger partial charge < -0.3 is 14.6 Å². The van der Waals surface area contributed by atoms with E-state index in [0.29, 0.717) is 29.8 Å². The quantitative estimate of drug-likeness (QED) is 0.593. The van der Waals surface area contributed by atoms with Crippen LogP contribution >= 0.6 is 0 Å². The highest BCUT2D eigenvalue weighted by Crippen LogP contribution is 2.39. The number of carboxylic acids is 1. The average Bonchev–Trinajstić information content (AvgIpc) is 2.75. The van der Waals surface area contributed by atoms with Crippen LogP contribution in [0.5, 0.6) is 6.01 Å². The van der Waals surface area contributed by atoms with E-state index in [1.807, 2.05) is 67.6 Å². The van der Waals surface area contributed by atoms with E-state index in [1.54, 1.807) is 13.0 Å². The lowest BCUT2D eigenvalue weighted by atomic mass is 9.81. The summed E-state index contributed by atoms with van der Waals surface area (Å²) in [4.78, 5) is 20.8. The number of benzene rings is 2. The van der Waals surface area contributed by atoms with Gasteiger partial charge in [-0.15, -0.1) is 0 Å². The minimum atomic E-state index is -1.40. The maximum atomic E-state index is 12.5.